The number of benzene rings is 2. The summed E-state index contributed by atoms with van der Waals surface area (Å²) in [5.41, 5.74) is 0.696. The van der Waals surface area contributed by atoms with Crippen molar-refractivity contribution in [2.75, 3.05) is 12.4 Å². The third-order valence-corrected chi connectivity index (χ3v) is 5.58. The van der Waals surface area contributed by atoms with Crippen molar-refractivity contribution >= 4 is 23.3 Å². The number of methoxy groups -OCH3 is 1. The lowest BCUT2D eigenvalue weighted by Gasteiger charge is -2.39. The third-order valence-electron chi connectivity index (χ3n) is 5.34. The fraction of sp³-hybridized carbons (Fsp3) is 0.435. The number of rotatable bonds is 7. The van der Waals surface area contributed by atoms with E-state index in [1.807, 2.05) is 62.4 Å². The molecule has 0 saturated heterocycles. The summed E-state index contributed by atoms with van der Waals surface area (Å²) >= 11 is 6.31. The molecule has 0 unspecified atom stereocenters. The van der Waals surface area contributed by atoms with Gasteiger partial charge in [-0.3, -0.25) is 0 Å². The fourth-order valence-electron chi connectivity index (χ4n) is 4.05. The van der Waals surface area contributed by atoms with Crippen LogP contribution in [0.5, 0.6) is 5.75 Å². The molecular weight excluding hydrogens is 374 g/mol. The lowest BCUT2D eigenvalue weighted by Crippen LogP contribution is -2.50. The predicted molar refractivity (Wildman–Crippen MR) is 113 cm³/mol. The van der Waals surface area contributed by atoms with Gasteiger partial charge in [0.1, 0.15) is 5.75 Å². The van der Waals surface area contributed by atoms with Gasteiger partial charge in [-0.05, 0) is 74.6 Å². The summed E-state index contributed by atoms with van der Waals surface area (Å²) in [6, 6.07) is 15.2. The molecule has 0 spiro atoms. The Morgan fingerprint density at radius 3 is 2.39 bits per heavy atom. The van der Waals surface area contributed by atoms with Crippen molar-refractivity contribution in [2.24, 2.45) is 5.92 Å². The van der Waals surface area contributed by atoms with E-state index < -0.39 is 5.54 Å². The first-order valence-electron chi connectivity index (χ1n) is 9.85. The lowest BCUT2D eigenvalue weighted by molar-refractivity contribution is -0.155. The van der Waals surface area contributed by atoms with Crippen LogP contribution < -0.4 is 10.1 Å². The third kappa shape index (κ3) is 4.27. The number of hydrogen-bond acceptors (Lipinski definition) is 4. The van der Waals surface area contributed by atoms with Crippen molar-refractivity contribution < 1.29 is 14.3 Å². The van der Waals surface area contributed by atoms with E-state index in [1.165, 1.54) is 0 Å². The molecular formula is C23H28ClNO3. The van der Waals surface area contributed by atoms with Gasteiger partial charge in [0.25, 0.3) is 0 Å². The minimum absolute atomic E-state index is 0.124. The molecule has 0 heterocycles. The molecule has 1 aliphatic rings. The second-order valence-electron chi connectivity index (χ2n) is 7.61. The minimum atomic E-state index is -0.986. The Hall–Kier alpha value is -2.20. The number of anilines is 1. The summed E-state index contributed by atoms with van der Waals surface area (Å²) in [6.45, 7) is 3.76. The molecule has 0 aromatic heterocycles. The van der Waals surface area contributed by atoms with Gasteiger partial charge in [-0.25, -0.2) is 4.79 Å². The Morgan fingerprint density at radius 2 is 1.82 bits per heavy atom. The molecule has 4 nitrogen and oxygen atoms in total. The van der Waals surface area contributed by atoms with Gasteiger partial charge >= 0.3 is 5.97 Å². The average Bonchev–Trinajstić information content (AvgIpc) is 3.21. The van der Waals surface area contributed by atoms with Gasteiger partial charge in [-0.15, -0.1) is 0 Å². The Morgan fingerprint density at radius 1 is 1.14 bits per heavy atom. The van der Waals surface area contributed by atoms with Gasteiger partial charge in [0, 0.05) is 10.7 Å². The highest BCUT2D eigenvalue weighted by atomic mass is 35.5. The second kappa shape index (κ2) is 8.87. The van der Waals surface area contributed by atoms with Crippen LogP contribution in [0.2, 0.25) is 5.02 Å². The maximum absolute atomic E-state index is 13.5. The number of carbonyl (C=O) groups excluding carboxylic acids is 1. The molecule has 2 aromatic rings. The highest BCUT2D eigenvalue weighted by Gasteiger charge is 2.50. The first-order valence-corrected chi connectivity index (χ1v) is 10.2. The van der Waals surface area contributed by atoms with Gasteiger partial charge in [-0.1, -0.05) is 36.6 Å². The number of esters is 1. The molecule has 1 N–H and O–H groups in total. The Labute approximate surface area is 172 Å². The number of halogens is 1. The van der Waals surface area contributed by atoms with E-state index in [-0.39, 0.29) is 18.0 Å². The summed E-state index contributed by atoms with van der Waals surface area (Å²) in [7, 11) is 1.64. The molecule has 2 aromatic carbocycles. The molecule has 3 rings (SSSR count). The van der Waals surface area contributed by atoms with Crippen LogP contribution in [0.25, 0.3) is 0 Å². The van der Waals surface area contributed by atoms with Crippen molar-refractivity contribution in [3.8, 4) is 5.75 Å². The molecule has 0 bridgehead atoms. The molecule has 150 valence electrons. The summed E-state index contributed by atoms with van der Waals surface area (Å²) in [4.78, 5) is 13.5. The topological polar surface area (TPSA) is 47.6 Å². The van der Waals surface area contributed by atoms with Gasteiger partial charge < -0.3 is 14.8 Å². The zero-order valence-corrected chi connectivity index (χ0v) is 17.5. The smallest absolute Gasteiger partial charge is 0.337 e. The van der Waals surface area contributed by atoms with Gasteiger partial charge in [0.2, 0.25) is 0 Å². The largest absolute Gasteiger partial charge is 0.497 e. The molecule has 28 heavy (non-hydrogen) atoms. The molecule has 5 heteroatoms. The molecule has 1 aliphatic carbocycles. The van der Waals surface area contributed by atoms with Crippen LogP contribution in [0.3, 0.4) is 0 Å². The number of hydrogen-bond donors (Lipinski definition) is 1. The van der Waals surface area contributed by atoms with Gasteiger partial charge in [0.15, 0.2) is 5.54 Å². The Kier molecular flexibility index (Phi) is 6.50. The maximum atomic E-state index is 13.5. The molecule has 0 radical (unpaired) electrons. The normalized spacial score (nSPS) is 16.6. The summed E-state index contributed by atoms with van der Waals surface area (Å²) < 4.78 is 11.0. The van der Waals surface area contributed by atoms with Crippen molar-refractivity contribution in [1.29, 1.82) is 0 Å². The van der Waals surface area contributed by atoms with Crippen molar-refractivity contribution in [2.45, 2.75) is 51.2 Å². The average molecular weight is 402 g/mol. The van der Waals surface area contributed by atoms with Crippen molar-refractivity contribution in [1.82, 2.24) is 0 Å². The standard InChI is InChI=1S/C23H28ClNO3/c1-16(2)28-22(26)23(17-7-4-5-8-17,18-9-6-10-19(24)15-18)25-20-11-13-21(27-3)14-12-20/h6,9-17,25H,4-5,7-8H2,1-3H3/t23-/m0/s1. The van der Waals surface area contributed by atoms with Crippen LogP contribution >= 0.6 is 11.6 Å². The zero-order valence-electron chi connectivity index (χ0n) is 16.7. The van der Waals surface area contributed by atoms with Crippen LogP contribution in [0.4, 0.5) is 5.69 Å². The second-order valence-corrected chi connectivity index (χ2v) is 8.04. The van der Waals surface area contributed by atoms with E-state index in [1.54, 1.807) is 7.11 Å². The van der Waals surface area contributed by atoms with Gasteiger partial charge in [0.05, 0.1) is 13.2 Å². The zero-order chi connectivity index (χ0) is 20.1. The van der Waals surface area contributed by atoms with E-state index >= 15 is 0 Å². The monoisotopic (exact) mass is 401 g/mol. The SMILES string of the molecule is COc1ccc(N[C@](C(=O)OC(C)C)(c2cccc(Cl)c2)C2CCCC2)cc1. The Balaban J connectivity index is 2.11. The van der Waals surface area contributed by atoms with Crippen LogP contribution in [-0.4, -0.2) is 19.2 Å². The van der Waals surface area contributed by atoms with Crippen molar-refractivity contribution in [3.63, 3.8) is 0 Å². The molecule has 1 saturated carbocycles. The van der Waals surface area contributed by atoms with E-state index in [2.05, 4.69) is 5.32 Å². The van der Waals surface area contributed by atoms with E-state index in [0.29, 0.717) is 5.02 Å². The predicted octanol–water partition coefficient (Wildman–Crippen LogP) is 5.80. The number of carbonyl (C=O) groups is 1. The van der Waals surface area contributed by atoms with Crippen LogP contribution in [0.1, 0.15) is 45.1 Å². The van der Waals surface area contributed by atoms with Crippen LogP contribution in [0.15, 0.2) is 48.5 Å². The summed E-state index contributed by atoms with van der Waals surface area (Å²) in [5, 5.41) is 4.15. The molecule has 0 aliphatic heterocycles. The van der Waals surface area contributed by atoms with E-state index in [0.717, 1.165) is 42.7 Å². The maximum Gasteiger partial charge on any atom is 0.337 e. The first-order chi connectivity index (χ1) is 13.5. The van der Waals surface area contributed by atoms with E-state index in [9.17, 15) is 4.79 Å². The molecule has 1 fully saturated rings. The van der Waals surface area contributed by atoms with Gasteiger partial charge in [-0.2, -0.15) is 0 Å². The lowest BCUT2D eigenvalue weighted by atomic mass is 9.76. The minimum Gasteiger partial charge on any atom is -0.497 e. The van der Waals surface area contributed by atoms with Crippen LogP contribution in [-0.2, 0) is 15.1 Å². The van der Waals surface area contributed by atoms with E-state index in [4.69, 9.17) is 21.1 Å². The quantitative estimate of drug-likeness (QED) is 0.596. The van der Waals surface area contributed by atoms with Crippen LogP contribution in [0, 0.1) is 5.92 Å². The number of nitrogens with one attached hydrogen (secondary N) is 1. The highest BCUT2D eigenvalue weighted by molar-refractivity contribution is 6.30. The Bertz CT molecular complexity index is 800. The molecule has 0 amide bonds. The summed E-state index contributed by atoms with van der Waals surface area (Å²) in [5.74, 6) is 0.635. The first kappa shape index (κ1) is 20.5. The highest BCUT2D eigenvalue weighted by Crippen LogP contribution is 2.44. The number of ether oxygens (including phenoxy) is 2. The fourth-order valence-corrected chi connectivity index (χ4v) is 4.24. The molecule has 1 atom stereocenters. The van der Waals surface area contributed by atoms with Crippen molar-refractivity contribution in [3.05, 3.63) is 59.1 Å². The summed E-state index contributed by atoms with van der Waals surface area (Å²) in [6.07, 6.45) is 3.93.